The molecular weight excluding hydrogens is 178 g/mol. The molecule has 1 saturated carbocycles. The summed E-state index contributed by atoms with van der Waals surface area (Å²) in [4.78, 5) is 13.6. The van der Waals surface area contributed by atoms with Gasteiger partial charge in [-0.05, 0) is 20.3 Å². The van der Waals surface area contributed by atoms with Crippen LogP contribution in [0.25, 0.3) is 0 Å². The molecule has 1 aliphatic carbocycles. The second-order valence-electron chi connectivity index (χ2n) is 4.04. The van der Waals surface area contributed by atoms with E-state index >= 15 is 0 Å². The van der Waals surface area contributed by atoms with E-state index in [0.29, 0.717) is 13.0 Å². The van der Waals surface area contributed by atoms with E-state index in [4.69, 9.17) is 11.0 Å². The van der Waals surface area contributed by atoms with Gasteiger partial charge in [0.1, 0.15) is 0 Å². The van der Waals surface area contributed by atoms with Crippen molar-refractivity contribution < 1.29 is 4.79 Å². The van der Waals surface area contributed by atoms with Crippen molar-refractivity contribution in [2.75, 3.05) is 6.54 Å². The standard InChI is InChI=1S/C10H17N3O/c1-7(2)13(5-3-4-11)10(14)8-6-9(8)12/h7-9H,3,5-6,12H2,1-2H3. The fourth-order valence-electron chi connectivity index (χ4n) is 1.50. The van der Waals surface area contributed by atoms with Crippen molar-refractivity contribution in [3.8, 4) is 6.07 Å². The van der Waals surface area contributed by atoms with Crippen LogP contribution < -0.4 is 5.73 Å². The topological polar surface area (TPSA) is 70.1 Å². The van der Waals surface area contributed by atoms with Gasteiger partial charge in [0.2, 0.25) is 5.91 Å². The van der Waals surface area contributed by atoms with Crippen LogP contribution in [0.1, 0.15) is 26.7 Å². The van der Waals surface area contributed by atoms with E-state index in [2.05, 4.69) is 6.07 Å². The maximum atomic E-state index is 11.8. The minimum Gasteiger partial charge on any atom is -0.339 e. The molecule has 0 aromatic rings. The molecule has 78 valence electrons. The third-order valence-electron chi connectivity index (χ3n) is 2.53. The molecule has 0 aliphatic heterocycles. The Labute approximate surface area is 84.7 Å². The molecule has 0 heterocycles. The summed E-state index contributed by atoms with van der Waals surface area (Å²) in [5, 5.41) is 8.47. The summed E-state index contributed by atoms with van der Waals surface area (Å²) in [6.07, 6.45) is 1.19. The second kappa shape index (κ2) is 4.43. The Morgan fingerprint density at radius 1 is 1.71 bits per heavy atom. The van der Waals surface area contributed by atoms with Gasteiger partial charge in [-0.2, -0.15) is 5.26 Å². The van der Waals surface area contributed by atoms with Crippen LogP contribution in [0.15, 0.2) is 0 Å². The molecule has 4 nitrogen and oxygen atoms in total. The number of carbonyl (C=O) groups excluding carboxylic acids is 1. The van der Waals surface area contributed by atoms with Crippen LogP contribution in [0.3, 0.4) is 0 Å². The fraction of sp³-hybridized carbons (Fsp3) is 0.800. The first-order valence-electron chi connectivity index (χ1n) is 5.01. The average molecular weight is 195 g/mol. The molecule has 0 aromatic carbocycles. The van der Waals surface area contributed by atoms with Gasteiger partial charge in [-0.15, -0.1) is 0 Å². The Hall–Kier alpha value is -1.08. The van der Waals surface area contributed by atoms with Crippen molar-refractivity contribution in [2.45, 2.75) is 38.8 Å². The Balaban J connectivity index is 2.50. The van der Waals surface area contributed by atoms with Crippen LogP contribution in [0, 0.1) is 17.2 Å². The van der Waals surface area contributed by atoms with Crippen LogP contribution in [0.4, 0.5) is 0 Å². The zero-order valence-electron chi connectivity index (χ0n) is 8.73. The van der Waals surface area contributed by atoms with E-state index in [-0.39, 0.29) is 23.9 Å². The fourth-order valence-corrected chi connectivity index (χ4v) is 1.50. The Bertz CT molecular complexity index is 257. The number of amides is 1. The van der Waals surface area contributed by atoms with Gasteiger partial charge in [-0.1, -0.05) is 0 Å². The lowest BCUT2D eigenvalue weighted by atomic mass is 10.2. The number of nitriles is 1. The average Bonchev–Trinajstić information content (AvgIpc) is 2.82. The summed E-state index contributed by atoms with van der Waals surface area (Å²) in [7, 11) is 0. The molecule has 14 heavy (non-hydrogen) atoms. The van der Waals surface area contributed by atoms with Crippen LogP contribution in [0.5, 0.6) is 0 Å². The van der Waals surface area contributed by atoms with Gasteiger partial charge in [0, 0.05) is 18.6 Å². The number of hydrogen-bond acceptors (Lipinski definition) is 3. The van der Waals surface area contributed by atoms with Gasteiger partial charge in [-0.25, -0.2) is 0 Å². The Kier molecular flexibility index (Phi) is 3.48. The lowest BCUT2D eigenvalue weighted by molar-refractivity contribution is -0.134. The van der Waals surface area contributed by atoms with Crippen molar-refractivity contribution in [2.24, 2.45) is 11.7 Å². The predicted octanol–water partition coefficient (Wildman–Crippen LogP) is 0.484. The number of nitrogens with two attached hydrogens (primary N) is 1. The summed E-state index contributed by atoms with van der Waals surface area (Å²) in [6.45, 7) is 4.45. The lowest BCUT2D eigenvalue weighted by Crippen LogP contribution is -2.39. The highest BCUT2D eigenvalue weighted by molar-refractivity contribution is 5.82. The van der Waals surface area contributed by atoms with E-state index in [1.807, 2.05) is 13.8 Å². The highest BCUT2D eigenvalue weighted by Crippen LogP contribution is 2.30. The smallest absolute Gasteiger partial charge is 0.227 e. The third kappa shape index (κ3) is 2.46. The zero-order chi connectivity index (χ0) is 10.7. The van der Waals surface area contributed by atoms with Crippen molar-refractivity contribution >= 4 is 5.91 Å². The molecule has 1 rings (SSSR count). The number of hydrogen-bond donors (Lipinski definition) is 1. The minimum absolute atomic E-state index is 0.0103. The number of rotatable bonds is 4. The number of nitrogens with zero attached hydrogens (tertiary/aromatic N) is 2. The predicted molar refractivity (Wildman–Crippen MR) is 53.2 cm³/mol. The molecule has 1 amide bonds. The van der Waals surface area contributed by atoms with Gasteiger partial charge in [0.05, 0.1) is 18.4 Å². The van der Waals surface area contributed by atoms with Gasteiger partial charge in [0.15, 0.2) is 0 Å². The highest BCUT2D eigenvalue weighted by atomic mass is 16.2. The van der Waals surface area contributed by atoms with E-state index < -0.39 is 0 Å². The first kappa shape index (κ1) is 11.0. The van der Waals surface area contributed by atoms with Crippen molar-refractivity contribution in [3.63, 3.8) is 0 Å². The molecule has 0 saturated heterocycles. The largest absolute Gasteiger partial charge is 0.339 e. The van der Waals surface area contributed by atoms with Gasteiger partial charge >= 0.3 is 0 Å². The van der Waals surface area contributed by atoms with Gasteiger partial charge in [0.25, 0.3) is 0 Å². The monoisotopic (exact) mass is 195 g/mol. The highest BCUT2D eigenvalue weighted by Gasteiger charge is 2.42. The normalized spacial score (nSPS) is 24.5. The second-order valence-corrected chi connectivity index (χ2v) is 4.04. The molecule has 1 fully saturated rings. The molecule has 2 unspecified atom stereocenters. The van der Waals surface area contributed by atoms with Crippen LogP contribution in [-0.2, 0) is 4.79 Å². The first-order valence-corrected chi connectivity index (χ1v) is 5.01. The molecule has 0 aromatic heterocycles. The van der Waals surface area contributed by atoms with E-state index in [0.717, 1.165) is 6.42 Å². The summed E-state index contributed by atoms with van der Waals surface area (Å²) < 4.78 is 0. The first-order chi connectivity index (χ1) is 6.57. The summed E-state index contributed by atoms with van der Waals surface area (Å²) in [5.41, 5.74) is 5.62. The molecule has 2 atom stereocenters. The molecule has 2 N–H and O–H groups in total. The van der Waals surface area contributed by atoms with Crippen molar-refractivity contribution in [1.82, 2.24) is 4.90 Å². The zero-order valence-corrected chi connectivity index (χ0v) is 8.73. The van der Waals surface area contributed by atoms with Gasteiger partial charge < -0.3 is 10.6 Å². The molecule has 0 radical (unpaired) electrons. The summed E-state index contributed by atoms with van der Waals surface area (Å²) in [6, 6.07) is 2.26. The van der Waals surface area contributed by atoms with Crippen LogP contribution in [-0.4, -0.2) is 29.4 Å². The van der Waals surface area contributed by atoms with Crippen LogP contribution in [0.2, 0.25) is 0 Å². The lowest BCUT2D eigenvalue weighted by Gasteiger charge is -2.25. The molecule has 4 heteroatoms. The van der Waals surface area contributed by atoms with Crippen molar-refractivity contribution in [1.29, 1.82) is 5.26 Å². The van der Waals surface area contributed by atoms with E-state index in [1.165, 1.54) is 0 Å². The van der Waals surface area contributed by atoms with E-state index in [1.54, 1.807) is 4.90 Å². The van der Waals surface area contributed by atoms with E-state index in [9.17, 15) is 4.79 Å². The Morgan fingerprint density at radius 3 is 2.64 bits per heavy atom. The maximum absolute atomic E-state index is 11.8. The summed E-state index contributed by atoms with van der Waals surface area (Å²) >= 11 is 0. The van der Waals surface area contributed by atoms with Gasteiger partial charge in [-0.3, -0.25) is 4.79 Å². The molecule has 0 bridgehead atoms. The minimum atomic E-state index is 0.0103. The quantitative estimate of drug-likeness (QED) is 0.709. The SMILES string of the molecule is CC(C)N(CCC#N)C(=O)C1CC1N. The summed E-state index contributed by atoms with van der Waals surface area (Å²) in [5.74, 6) is 0.124. The molecular formula is C10H17N3O. The van der Waals surface area contributed by atoms with Crippen molar-refractivity contribution in [3.05, 3.63) is 0 Å². The third-order valence-corrected chi connectivity index (χ3v) is 2.53. The van der Waals surface area contributed by atoms with Crippen LogP contribution >= 0.6 is 0 Å². The Morgan fingerprint density at radius 2 is 2.29 bits per heavy atom. The molecule has 1 aliphatic rings. The number of carbonyl (C=O) groups is 1. The maximum Gasteiger partial charge on any atom is 0.227 e. The molecule has 0 spiro atoms.